The summed E-state index contributed by atoms with van der Waals surface area (Å²) >= 11 is 1.60. The van der Waals surface area contributed by atoms with Gasteiger partial charge < -0.3 is 0 Å². The van der Waals surface area contributed by atoms with Gasteiger partial charge in [-0.2, -0.15) is 0 Å². The van der Waals surface area contributed by atoms with Gasteiger partial charge in [0.05, 0.1) is 4.88 Å². The Labute approximate surface area is 71.1 Å². The molecule has 0 aliphatic carbocycles. The Kier molecular flexibility index (Phi) is 2.45. The molecule has 0 saturated heterocycles. The number of Topliss-reactive ketones (excluding diaryl/α,β-unsaturated/α-hetero) is 1. The van der Waals surface area contributed by atoms with Crippen LogP contribution in [0.4, 0.5) is 0 Å². The van der Waals surface area contributed by atoms with Crippen LogP contribution in [0.2, 0.25) is 0 Å². The monoisotopic (exact) mass is 168 g/mol. The van der Waals surface area contributed by atoms with Crippen molar-refractivity contribution in [1.29, 1.82) is 0 Å². The van der Waals surface area contributed by atoms with E-state index in [1.54, 1.807) is 11.3 Å². The van der Waals surface area contributed by atoms with E-state index >= 15 is 0 Å². The van der Waals surface area contributed by atoms with Crippen LogP contribution in [0.1, 0.15) is 33.5 Å². The number of carbonyl (C=O) groups is 1. The molecule has 60 valence electrons. The molecule has 0 aliphatic heterocycles. The molecular formula is C9H12OS. The maximum absolute atomic E-state index is 11.3. The summed E-state index contributed by atoms with van der Waals surface area (Å²) in [6, 6.07) is 2.06. The summed E-state index contributed by atoms with van der Waals surface area (Å²) in [7, 11) is 0. The molecule has 1 heterocycles. The number of rotatable bonds is 2. The van der Waals surface area contributed by atoms with E-state index < -0.39 is 0 Å². The predicted octanol–water partition coefficient (Wildman–Crippen LogP) is 2.96. The quantitative estimate of drug-likeness (QED) is 0.620. The standard InChI is InChI=1S/C9H12OS/c1-4-8(10)9-6(2)5-7(3)11-9/h5H,4H2,1-3H3. The van der Waals surface area contributed by atoms with E-state index in [-0.39, 0.29) is 5.78 Å². The molecule has 1 aromatic rings. The van der Waals surface area contributed by atoms with E-state index in [1.807, 2.05) is 20.8 Å². The fourth-order valence-corrected chi connectivity index (χ4v) is 2.11. The lowest BCUT2D eigenvalue weighted by Gasteiger charge is -1.92. The molecule has 11 heavy (non-hydrogen) atoms. The topological polar surface area (TPSA) is 17.1 Å². The van der Waals surface area contributed by atoms with Crippen LogP contribution in [0.3, 0.4) is 0 Å². The summed E-state index contributed by atoms with van der Waals surface area (Å²) < 4.78 is 0. The van der Waals surface area contributed by atoms with Crippen LogP contribution in [0.15, 0.2) is 6.07 Å². The van der Waals surface area contributed by atoms with Gasteiger partial charge in [-0.05, 0) is 25.5 Å². The molecule has 0 N–H and O–H groups in total. The number of hydrogen-bond donors (Lipinski definition) is 0. The van der Waals surface area contributed by atoms with E-state index in [1.165, 1.54) is 4.88 Å². The molecular weight excluding hydrogens is 156 g/mol. The van der Waals surface area contributed by atoms with Gasteiger partial charge in [-0.15, -0.1) is 11.3 Å². The minimum absolute atomic E-state index is 0.264. The SMILES string of the molecule is CCC(=O)c1sc(C)cc1C. The molecule has 0 spiro atoms. The first-order valence-electron chi connectivity index (χ1n) is 3.75. The molecule has 0 aliphatic rings. The zero-order chi connectivity index (χ0) is 8.43. The van der Waals surface area contributed by atoms with Crippen molar-refractivity contribution in [3.63, 3.8) is 0 Å². The summed E-state index contributed by atoms with van der Waals surface area (Å²) in [6.45, 7) is 5.92. The van der Waals surface area contributed by atoms with Gasteiger partial charge in [-0.25, -0.2) is 0 Å². The van der Waals surface area contributed by atoms with Gasteiger partial charge in [0.1, 0.15) is 0 Å². The molecule has 2 heteroatoms. The van der Waals surface area contributed by atoms with E-state index in [0.717, 1.165) is 10.4 Å². The molecule has 0 amide bonds. The van der Waals surface area contributed by atoms with Crippen LogP contribution >= 0.6 is 11.3 Å². The number of thiophene rings is 1. The molecule has 1 nitrogen and oxygen atoms in total. The molecule has 0 radical (unpaired) electrons. The molecule has 0 aromatic carbocycles. The average molecular weight is 168 g/mol. The first kappa shape index (κ1) is 8.47. The van der Waals surface area contributed by atoms with Gasteiger partial charge in [0.15, 0.2) is 5.78 Å². The third kappa shape index (κ3) is 1.69. The Hall–Kier alpha value is -0.630. The second kappa shape index (κ2) is 3.18. The number of carbonyl (C=O) groups excluding carboxylic acids is 1. The van der Waals surface area contributed by atoms with Gasteiger partial charge in [0.25, 0.3) is 0 Å². The molecule has 0 fully saturated rings. The smallest absolute Gasteiger partial charge is 0.172 e. The Balaban J connectivity index is 3.03. The zero-order valence-corrected chi connectivity index (χ0v) is 7.92. The molecule has 0 unspecified atom stereocenters. The third-order valence-electron chi connectivity index (χ3n) is 1.62. The van der Waals surface area contributed by atoms with E-state index in [9.17, 15) is 4.79 Å². The van der Waals surface area contributed by atoms with Crippen LogP contribution in [-0.2, 0) is 0 Å². The van der Waals surface area contributed by atoms with Gasteiger partial charge in [0.2, 0.25) is 0 Å². The highest BCUT2D eigenvalue weighted by atomic mass is 32.1. The summed E-state index contributed by atoms with van der Waals surface area (Å²) in [5.41, 5.74) is 1.12. The van der Waals surface area contributed by atoms with Gasteiger partial charge in [-0.1, -0.05) is 6.92 Å². The maximum atomic E-state index is 11.3. The van der Waals surface area contributed by atoms with Crippen LogP contribution in [0.5, 0.6) is 0 Å². The van der Waals surface area contributed by atoms with Gasteiger partial charge in [0, 0.05) is 11.3 Å². The van der Waals surface area contributed by atoms with Gasteiger partial charge >= 0.3 is 0 Å². The Bertz CT molecular complexity index is 273. The fourth-order valence-electron chi connectivity index (χ4n) is 1.08. The largest absolute Gasteiger partial charge is 0.293 e. The summed E-state index contributed by atoms with van der Waals surface area (Å²) in [5, 5.41) is 0. The van der Waals surface area contributed by atoms with Crippen LogP contribution < -0.4 is 0 Å². The van der Waals surface area contributed by atoms with E-state index in [2.05, 4.69) is 6.07 Å². The average Bonchev–Trinajstić information content (AvgIpc) is 2.28. The third-order valence-corrected chi connectivity index (χ3v) is 2.81. The summed E-state index contributed by atoms with van der Waals surface area (Å²) in [5.74, 6) is 0.264. The van der Waals surface area contributed by atoms with Crippen molar-refractivity contribution in [3.8, 4) is 0 Å². The van der Waals surface area contributed by atoms with Crippen LogP contribution in [-0.4, -0.2) is 5.78 Å². The number of aryl methyl sites for hydroxylation is 2. The first-order valence-corrected chi connectivity index (χ1v) is 4.57. The van der Waals surface area contributed by atoms with Crippen LogP contribution in [0.25, 0.3) is 0 Å². The lowest BCUT2D eigenvalue weighted by molar-refractivity contribution is 0.0991. The number of hydrogen-bond acceptors (Lipinski definition) is 2. The van der Waals surface area contributed by atoms with E-state index in [0.29, 0.717) is 6.42 Å². The van der Waals surface area contributed by atoms with E-state index in [4.69, 9.17) is 0 Å². The summed E-state index contributed by atoms with van der Waals surface area (Å²) in [4.78, 5) is 13.4. The van der Waals surface area contributed by atoms with Crippen molar-refractivity contribution in [2.24, 2.45) is 0 Å². The fraction of sp³-hybridized carbons (Fsp3) is 0.444. The molecule has 0 saturated carbocycles. The molecule has 0 atom stereocenters. The van der Waals surface area contributed by atoms with Crippen molar-refractivity contribution in [2.75, 3.05) is 0 Å². The molecule has 1 aromatic heterocycles. The normalized spacial score (nSPS) is 10.1. The van der Waals surface area contributed by atoms with Crippen LogP contribution in [0, 0.1) is 13.8 Å². The Morgan fingerprint density at radius 1 is 1.55 bits per heavy atom. The van der Waals surface area contributed by atoms with Crippen molar-refractivity contribution < 1.29 is 4.79 Å². The first-order chi connectivity index (χ1) is 5.15. The van der Waals surface area contributed by atoms with Crippen molar-refractivity contribution in [1.82, 2.24) is 0 Å². The zero-order valence-electron chi connectivity index (χ0n) is 7.10. The van der Waals surface area contributed by atoms with Crippen molar-refractivity contribution in [3.05, 3.63) is 21.4 Å². The minimum Gasteiger partial charge on any atom is -0.293 e. The Morgan fingerprint density at radius 3 is 2.55 bits per heavy atom. The molecule has 1 rings (SSSR count). The summed E-state index contributed by atoms with van der Waals surface area (Å²) in [6.07, 6.45) is 0.612. The lowest BCUT2D eigenvalue weighted by Crippen LogP contribution is -1.93. The highest BCUT2D eigenvalue weighted by Gasteiger charge is 2.08. The van der Waals surface area contributed by atoms with Crippen molar-refractivity contribution in [2.45, 2.75) is 27.2 Å². The predicted molar refractivity (Wildman–Crippen MR) is 48.4 cm³/mol. The Morgan fingerprint density at radius 2 is 2.18 bits per heavy atom. The molecule has 0 bridgehead atoms. The number of ketones is 1. The minimum atomic E-state index is 0.264. The highest BCUT2D eigenvalue weighted by molar-refractivity contribution is 7.14. The lowest BCUT2D eigenvalue weighted by atomic mass is 10.2. The maximum Gasteiger partial charge on any atom is 0.172 e. The second-order valence-electron chi connectivity index (χ2n) is 2.65. The van der Waals surface area contributed by atoms with Crippen molar-refractivity contribution >= 4 is 17.1 Å². The highest BCUT2D eigenvalue weighted by Crippen LogP contribution is 2.21. The second-order valence-corrected chi connectivity index (χ2v) is 3.90. The van der Waals surface area contributed by atoms with Gasteiger partial charge in [-0.3, -0.25) is 4.79 Å².